The Labute approximate surface area is 97.3 Å². The summed E-state index contributed by atoms with van der Waals surface area (Å²) in [5.74, 6) is 0.641. The van der Waals surface area contributed by atoms with E-state index in [0.29, 0.717) is 12.5 Å². The van der Waals surface area contributed by atoms with E-state index < -0.39 is 0 Å². The summed E-state index contributed by atoms with van der Waals surface area (Å²) in [5.41, 5.74) is 5.57. The monoisotopic (exact) mass is 229 g/mol. The molecule has 3 N–H and O–H groups in total. The predicted molar refractivity (Wildman–Crippen MR) is 63.2 cm³/mol. The van der Waals surface area contributed by atoms with Crippen molar-refractivity contribution in [2.24, 2.45) is 11.7 Å². The molecular formula is C11H23N3O2. The summed E-state index contributed by atoms with van der Waals surface area (Å²) >= 11 is 0. The molecule has 2 unspecified atom stereocenters. The van der Waals surface area contributed by atoms with Crippen LogP contribution in [0.2, 0.25) is 0 Å². The molecule has 94 valence electrons. The van der Waals surface area contributed by atoms with Crippen LogP contribution < -0.4 is 11.1 Å². The van der Waals surface area contributed by atoms with Gasteiger partial charge in [-0.15, -0.1) is 0 Å². The highest BCUT2D eigenvalue weighted by atomic mass is 16.5. The molecule has 0 aromatic carbocycles. The lowest BCUT2D eigenvalue weighted by atomic mass is 9.92. The molecule has 0 aliphatic carbocycles. The molecule has 1 rings (SSSR count). The largest absolute Gasteiger partial charge is 0.453 e. The number of carbonyl (C=O) groups excluding carboxylic acids is 1. The molecule has 0 bridgehead atoms. The van der Waals surface area contributed by atoms with E-state index in [1.54, 1.807) is 0 Å². The highest BCUT2D eigenvalue weighted by Crippen LogP contribution is 2.19. The van der Waals surface area contributed by atoms with Gasteiger partial charge in [0.15, 0.2) is 0 Å². The second kappa shape index (κ2) is 6.70. The third kappa shape index (κ3) is 3.98. The third-order valence-electron chi connectivity index (χ3n) is 3.14. The first-order valence-electron chi connectivity index (χ1n) is 5.96. The van der Waals surface area contributed by atoms with E-state index in [4.69, 9.17) is 5.73 Å². The first kappa shape index (κ1) is 13.3. The second-order valence-corrected chi connectivity index (χ2v) is 4.39. The molecule has 0 aromatic heterocycles. The lowest BCUT2D eigenvalue weighted by molar-refractivity contribution is 0.125. The van der Waals surface area contributed by atoms with Gasteiger partial charge in [-0.3, -0.25) is 4.90 Å². The van der Waals surface area contributed by atoms with E-state index in [2.05, 4.69) is 21.9 Å². The Kier molecular flexibility index (Phi) is 5.55. The summed E-state index contributed by atoms with van der Waals surface area (Å²) in [4.78, 5) is 13.5. The summed E-state index contributed by atoms with van der Waals surface area (Å²) in [6.45, 7) is 5.72. The minimum absolute atomic E-state index is 0.192. The van der Waals surface area contributed by atoms with E-state index in [1.807, 2.05) is 0 Å². The molecule has 0 aromatic rings. The molecular weight excluding hydrogens is 206 g/mol. The first-order chi connectivity index (χ1) is 7.69. The molecule has 0 radical (unpaired) electrons. The number of methoxy groups -OCH3 is 1. The fourth-order valence-electron chi connectivity index (χ4n) is 2.29. The number of ether oxygens (including phenoxy) is 1. The Morgan fingerprint density at radius 1 is 1.56 bits per heavy atom. The summed E-state index contributed by atoms with van der Waals surface area (Å²) in [5, 5.41) is 2.88. The molecule has 1 aliphatic heterocycles. The van der Waals surface area contributed by atoms with Crippen molar-refractivity contribution in [2.75, 3.05) is 33.3 Å². The van der Waals surface area contributed by atoms with E-state index in [9.17, 15) is 4.79 Å². The Morgan fingerprint density at radius 3 is 2.88 bits per heavy atom. The van der Waals surface area contributed by atoms with Gasteiger partial charge < -0.3 is 15.8 Å². The van der Waals surface area contributed by atoms with Crippen molar-refractivity contribution in [3.05, 3.63) is 0 Å². The molecule has 1 fully saturated rings. The quantitative estimate of drug-likeness (QED) is 0.732. The molecule has 1 heterocycles. The topological polar surface area (TPSA) is 67.6 Å². The van der Waals surface area contributed by atoms with Gasteiger partial charge in [0.1, 0.15) is 0 Å². The van der Waals surface area contributed by atoms with Crippen LogP contribution in [0.25, 0.3) is 0 Å². The summed E-state index contributed by atoms with van der Waals surface area (Å²) in [7, 11) is 1.40. The highest BCUT2D eigenvalue weighted by molar-refractivity contribution is 5.67. The number of hydrogen-bond acceptors (Lipinski definition) is 4. The fraction of sp³-hybridized carbons (Fsp3) is 0.909. The zero-order valence-corrected chi connectivity index (χ0v) is 10.2. The van der Waals surface area contributed by atoms with Gasteiger partial charge in [-0.2, -0.15) is 0 Å². The van der Waals surface area contributed by atoms with Crippen molar-refractivity contribution in [3.63, 3.8) is 0 Å². The summed E-state index contributed by atoms with van der Waals surface area (Å²) in [6, 6.07) is 0.192. The number of rotatable bonds is 4. The Morgan fingerprint density at radius 2 is 2.31 bits per heavy atom. The van der Waals surface area contributed by atoms with Gasteiger partial charge in [0.05, 0.1) is 7.11 Å². The van der Waals surface area contributed by atoms with E-state index in [0.717, 1.165) is 32.5 Å². The van der Waals surface area contributed by atoms with Gasteiger partial charge in [0, 0.05) is 32.2 Å². The van der Waals surface area contributed by atoms with E-state index in [-0.39, 0.29) is 12.1 Å². The molecule has 1 saturated heterocycles. The van der Waals surface area contributed by atoms with Crippen molar-refractivity contribution < 1.29 is 9.53 Å². The molecule has 0 spiro atoms. The molecule has 0 saturated carbocycles. The number of nitrogens with zero attached hydrogens (tertiary/aromatic N) is 1. The van der Waals surface area contributed by atoms with Crippen LogP contribution in [0.4, 0.5) is 4.79 Å². The van der Waals surface area contributed by atoms with Crippen LogP contribution in [-0.2, 0) is 4.74 Å². The number of hydrogen-bond donors (Lipinski definition) is 2. The minimum Gasteiger partial charge on any atom is -0.453 e. The second-order valence-electron chi connectivity index (χ2n) is 4.39. The zero-order valence-electron chi connectivity index (χ0n) is 10.2. The SMILES string of the molecule is CCC1CC(NC(=O)OC)CN(CCN)C1. The van der Waals surface area contributed by atoms with Gasteiger partial charge in [0.25, 0.3) is 0 Å². The average molecular weight is 229 g/mol. The van der Waals surface area contributed by atoms with Crippen molar-refractivity contribution in [1.82, 2.24) is 10.2 Å². The van der Waals surface area contributed by atoms with Crippen molar-refractivity contribution in [3.8, 4) is 0 Å². The number of nitrogens with one attached hydrogen (secondary N) is 1. The Bertz CT molecular complexity index is 223. The normalized spacial score (nSPS) is 26.4. The van der Waals surface area contributed by atoms with E-state index in [1.165, 1.54) is 7.11 Å². The average Bonchev–Trinajstić information content (AvgIpc) is 2.29. The van der Waals surface area contributed by atoms with Gasteiger partial charge in [-0.05, 0) is 12.3 Å². The van der Waals surface area contributed by atoms with Gasteiger partial charge >= 0.3 is 6.09 Å². The van der Waals surface area contributed by atoms with Gasteiger partial charge in [-0.25, -0.2) is 4.79 Å². The van der Waals surface area contributed by atoms with Gasteiger partial charge in [0.2, 0.25) is 0 Å². The number of piperidine rings is 1. The fourth-order valence-corrected chi connectivity index (χ4v) is 2.29. The Balaban J connectivity index is 2.46. The first-order valence-corrected chi connectivity index (χ1v) is 5.96. The van der Waals surface area contributed by atoms with Crippen molar-refractivity contribution >= 4 is 6.09 Å². The molecule has 16 heavy (non-hydrogen) atoms. The van der Waals surface area contributed by atoms with Crippen molar-refractivity contribution in [1.29, 1.82) is 0 Å². The Hall–Kier alpha value is -0.810. The van der Waals surface area contributed by atoms with Gasteiger partial charge in [-0.1, -0.05) is 13.3 Å². The highest BCUT2D eigenvalue weighted by Gasteiger charge is 2.26. The van der Waals surface area contributed by atoms with Crippen LogP contribution in [0.15, 0.2) is 0 Å². The van der Waals surface area contributed by atoms with Crippen LogP contribution in [-0.4, -0.2) is 50.3 Å². The predicted octanol–water partition coefficient (Wildman–Crippen LogP) is 0.402. The molecule has 1 aliphatic rings. The van der Waals surface area contributed by atoms with Crippen LogP contribution in [0, 0.1) is 5.92 Å². The van der Waals surface area contributed by atoms with Crippen molar-refractivity contribution in [2.45, 2.75) is 25.8 Å². The molecule has 2 atom stereocenters. The van der Waals surface area contributed by atoms with Crippen LogP contribution in [0.3, 0.4) is 0 Å². The molecule has 5 heteroatoms. The maximum absolute atomic E-state index is 11.2. The molecule has 5 nitrogen and oxygen atoms in total. The van der Waals surface area contributed by atoms with Crippen LogP contribution in [0.5, 0.6) is 0 Å². The number of nitrogens with two attached hydrogens (primary N) is 1. The van der Waals surface area contributed by atoms with E-state index >= 15 is 0 Å². The number of likely N-dealkylation sites (tertiary alicyclic amines) is 1. The van der Waals surface area contributed by atoms with Crippen LogP contribution in [0.1, 0.15) is 19.8 Å². The molecule has 1 amide bonds. The lowest BCUT2D eigenvalue weighted by Crippen LogP contribution is -2.51. The number of carbonyl (C=O) groups is 1. The standard InChI is InChI=1S/C11H23N3O2/c1-3-9-6-10(13-11(15)16-2)8-14(7-9)5-4-12/h9-10H,3-8,12H2,1-2H3,(H,13,15). The maximum Gasteiger partial charge on any atom is 0.407 e. The zero-order chi connectivity index (χ0) is 12.0. The van der Waals surface area contributed by atoms with Crippen LogP contribution >= 0.6 is 0 Å². The lowest BCUT2D eigenvalue weighted by Gasteiger charge is -2.37. The summed E-state index contributed by atoms with van der Waals surface area (Å²) < 4.78 is 4.62. The summed E-state index contributed by atoms with van der Waals surface area (Å²) in [6.07, 6.45) is 1.84. The number of alkyl carbamates (subject to hydrolysis) is 1. The third-order valence-corrected chi connectivity index (χ3v) is 3.14. The maximum atomic E-state index is 11.2. The number of amides is 1. The smallest absolute Gasteiger partial charge is 0.407 e. The minimum atomic E-state index is -0.338.